The van der Waals surface area contributed by atoms with Crippen molar-refractivity contribution in [3.8, 4) is 0 Å². The molecule has 1 unspecified atom stereocenters. The van der Waals surface area contributed by atoms with Gasteiger partial charge in [-0.2, -0.15) is 0 Å². The third-order valence-corrected chi connectivity index (χ3v) is 3.12. The Bertz CT molecular complexity index is 408. The number of rotatable bonds is 3. The van der Waals surface area contributed by atoms with Crippen LogP contribution in [-0.2, 0) is 0 Å². The van der Waals surface area contributed by atoms with Gasteiger partial charge in [0, 0.05) is 18.3 Å². The van der Waals surface area contributed by atoms with Crippen LogP contribution < -0.4 is 16.4 Å². The highest BCUT2D eigenvalue weighted by Crippen LogP contribution is 2.22. The molecule has 0 aliphatic heterocycles. The third kappa shape index (κ3) is 3.51. The van der Waals surface area contributed by atoms with Gasteiger partial charge >= 0.3 is 0 Å². The molecule has 0 spiro atoms. The lowest BCUT2D eigenvalue weighted by molar-refractivity contribution is -0.495. The highest BCUT2D eigenvalue weighted by atomic mass is 35.5. The molecule has 2 heterocycles. The van der Waals surface area contributed by atoms with E-state index in [0.29, 0.717) is 5.25 Å². The molecule has 0 saturated heterocycles. The van der Waals surface area contributed by atoms with Crippen molar-refractivity contribution in [2.75, 3.05) is 0 Å². The van der Waals surface area contributed by atoms with Crippen molar-refractivity contribution in [1.82, 2.24) is 4.98 Å². The zero-order valence-corrected chi connectivity index (χ0v) is 10.5. The molecular formula is C12H13ClN2S. The van der Waals surface area contributed by atoms with Gasteiger partial charge in [0.1, 0.15) is 5.25 Å². The average molecular weight is 253 g/mol. The van der Waals surface area contributed by atoms with Crippen LogP contribution in [0.5, 0.6) is 0 Å². The van der Waals surface area contributed by atoms with Crippen LogP contribution in [0.3, 0.4) is 0 Å². The van der Waals surface area contributed by atoms with Crippen LogP contribution in [-0.4, -0.2) is 4.98 Å². The minimum Gasteiger partial charge on any atom is -1.00 e. The summed E-state index contributed by atoms with van der Waals surface area (Å²) >= 11 is 1.75. The van der Waals surface area contributed by atoms with E-state index < -0.39 is 0 Å². The largest absolute Gasteiger partial charge is 1.00 e. The summed E-state index contributed by atoms with van der Waals surface area (Å²) in [5, 5.41) is 0.360. The molecule has 0 N–H and O–H groups in total. The first kappa shape index (κ1) is 13.0. The topological polar surface area (TPSA) is 16.8 Å². The second-order valence-electron chi connectivity index (χ2n) is 3.24. The van der Waals surface area contributed by atoms with Gasteiger partial charge in [-0.1, -0.05) is 12.1 Å². The van der Waals surface area contributed by atoms with Crippen molar-refractivity contribution in [1.29, 1.82) is 0 Å². The SMILES string of the molecule is CC(S[n+]1ccccc1)c1ccccn1.[Cl-]. The third-order valence-electron chi connectivity index (χ3n) is 2.07. The normalized spacial score (nSPS) is 11.6. The predicted octanol–water partition coefficient (Wildman–Crippen LogP) is -0.369. The smallest absolute Gasteiger partial charge is 0.183 e. The minimum absolute atomic E-state index is 0. The molecule has 0 amide bonds. The predicted molar refractivity (Wildman–Crippen MR) is 62.3 cm³/mol. The molecule has 16 heavy (non-hydrogen) atoms. The van der Waals surface area contributed by atoms with Crippen LogP contribution in [0.1, 0.15) is 17.9 Å². The molecule has 2 aromatic heterocycles. The molecule has 2 rings (SSSR count). The molecule has 0 radical (unpaired) electrons. The lowest BCUT2D eigenvalue weighted by Crippen LogP contribution is -3.00. The molecule has 0 aliphatic rings. The number of nitrogens with zero attached hydrogens (tertiary/aromatic N) is 2. The number of hydrogen-bond donors (Lipinski definition) is 0. The van der Waals surface area contributed by atoms with E-state index in [1.165, 1.54) is 0 Å². The van der Waals surface area contributed by atoms with Crippen LogP contribution in [0, 0.1) is 0 Å². The van der Waals surface area contributed by atoms with Gasteiger partial charge in [0.25, 0.3) is 0 Å². The molecule has 4 heteroatoms. The molecule has 0 bridgehead atoms. The Morgan fingerprint density at radius 3 is 2.50 bits per heavy atom. The van der Waals surface area contributed by atoms with Gasteiger partial charge < -0.3 is 12.4 Å². The van der Waals surface area contributed by atoms with Crippen LogP contribution in [0.2, 0.25) is 0 Å². The minimum atomic E-state index is 0. The van der Waals surface area contributed by atoms with E-state index in [2.05, 4.69) is 21.9 Å². The molecule has 2 aromatic rings. The maximum Gasteiger partial charge on any atom is 0.183 e. The molecule has 0 fully saturated rings. The van der Waals surface area contributed by atoms with Gasteiger partial charge in [0.2, 0.25) is 0 Å². The second-order valence-corrected chi connectivity index (χ2v) is 4.58. The van der Waals surface area contributed by atoms with E-state index in [9.17, 15) is 0 Å². The van der Waals surface area contributed by atoms with Gasteiger partial charge in [0.05, 0.1) is 5.69 Å². The van der Waals surface area contributed by atoms with E-state index >= 15 is 0 Å². The Labute approximate surface area is 106 Å². The maximum atomic E-state index is 4.34. The lowest BCUT2D eigenvalue weighted by atomic mass is 10.3. The first-order valence-electron chi connectivity index (χ1n) is 4.90. The summed E-state index contributed by atoms with van der Waals surface area (Å²) in [6.07, 6.45) is 5.93. The highest BCUT2D eigenvalue weighted by molar-refractivity contribution is 7.93. The molecule has 2 nitrogen and oxygen atoms in total. The summed E-state index contributed by atoms with van der Waals surface area (Å²) in [6, 6.07) is 12.1. The Balaban J connectivity index is 0.00000128. The molecule has 0 aliphatic carbocycles. The van der Waals surface area contributed by atoms with E-state index in [-0.39, 0.29) is 12.4 Å². The first-order valence-corrected chi connectivity index (χ1v) is 5.74. The fourth-order valence-corrected chi connectivity index (χ4v) is 2.20. The summed E-state index contributed by atoms with van der Waals surface area (Å²) in [6.45, 7) is 2.16. The van der Waals surface area contributed by atoms with Gasteiger partial charge in [-0.3, -0.25) is 4.98 Å². The van der Waals surface area contributed by atoms with Crippen LogP contribution in [0.15, 0.2) is 55.0 Å². The Kier molecular flexibility index (Phi) is 5.29. The summed E-state index contributed by atoms with van der Waals surface area (Å²) in [5.74, 6) is 0. The monoisotopic (exact) mass is 252 g/mol. The maximum absolute atomic E-state index is 4.34. The van der Waals surface area contributed by atoms with Gasteiger partial charge in [0.15, 0.2) is 24.3 Å². The zero-order chi connectivity index (χ0) is 10.5. The van der Waals surface area contributed by atoms with E-state index in [0.717, 1.165) is 5.69 Å². The number of aromatic nitrogens is 2. The van der Waals surface area contributed by atoms with E-state index in [1.54, 1.807) is 11.9 Å². The lowest BCUT2D eigenvalue weighted by Gasteiger charge is -2.03. The van der Waals surface area contributed by atoms with Crippen LogP contribution in [0.25, 0.3) is 0 Å². The first-order chi connectivity index (χ1) is 7.36. The van der Waals surface area contributed by atoms with E-state index in [1.807, 2.05) is 48.9 Å². The number of pyridine rings is 2. The van der Waals surface area contributed by atoms with Crippen molar-refractivity contribution in [2.24, 2.45) is 0 Å². The van der Waals surface area contributed by atoms with Crippen LogP contribution >= 0.6 is 11.9 Å². The molecule has 0 saturated carbocycles. The van der Waals surface area contributed by atoms with Crippen molar-refractivity contribution in [3.05, 3.63) is 60.7 Å². The van der Waals surface area contributed by atoms with Crippen molar-refractivity contribution in [2.45, 2.75) is 12.2 Å². The molecule has 1 atom stereocenters. The van der Waals surface area contributed by atoms with Gasteiger partial charge in [-0.05, 0) is 19.1 Å². The molecular weight excluding hydrogens is 240 g/mol. The quantitative estimate of drug-likeness (QED) is 0.694. The van der Waals surface area contributed by atoms with Crippen LogP contribution in [0.4, 0.5) is 0 Å². The number of hydrogen-bond acceptors (Lipinski definition) is 2. The van der Waals surface area contributed by atoms with Gasteiger partial charge in [-0.25, -0.2) is 0 Å². The standard InChI is InChI=1S/C12H13N2S.ClH/c1-11(12-7-3-4-8-13-12)15-14-9-5-2-6-10-14;/h2-11H,1H3;1H/q+1;/p-1. The highest BCUT2D eigenvalue weighted by Gasteiger charge is 2.14. The average Bonchev–Trinajstić information content (AvgIpc) is 2.31. The Morgan fingerprint density at radius 1 is 1.12 bits per heavy atom. The molecule has 0 aromatic carbocycles. The van der Waals surface area contributed by atoms with E-state index in [4.69, 9.17) is 0 Å². The molecule has 84 valence electrons. The zero-order valence-electron chi connectivity index (χ0n) is 8.95. The Hall–Kier alpha value is -1.06. The summed E-state index contributed by atoms with van der Waals surface area (Å²) in [5.41, 5.74) is 1.11. The fourth-order valence-electron chi connectivity index (χ4n) is 1.31. The van der Waals surface area contributed by atoms with Crippen molar-refractivity contribution < 1.29 is 16.4 Å². The Morgan fingerprint density at radius 2 is 1.88 bits per heavy atom. The summed E-state index contributed by atoms with van der Waals surface area (Å²) in [4.78, 5) is 4.34. The fraction of sp³-hybridized carbons (Fsp3) is 0.167. The second kappa shape index (κ2) is 6.51. The van der Waals surface area contributed by atoms with Gasteiger partial charge in [-0.15, -0.1) is 3.97 Å². The van der Waals surface area contributed by atoms with Crippen molar-refractivity contribution in [3.63, 3.8) is 0 Å². The summed E-state index contributed by atoms with van der Waals surface area (Å²) in [7, 11) is 0. The van der Waals surface area contributed by atoms with Crippen molar-refractivity contribution >= 4 is 11.9 Å². The summed E-state index contributed by atoms with van der Waals surface area (Å²) < 4.78 is 2.10. The number of halogens is 1.